The summed E-state index contributed by atoms with van der Waals surface area (Å²) in [5, 5.41) is 29.5. The Bertz CT molecular complexity index is 1530. The molecule has 1 aliphatic heterocycles. The highest BCUT2D eigenvalue weighted by Crippen LogP contribution is 2.31. The Labute approximate surface area is 237 Å². The second-order valence-electron chi connectivity index (χ2n) is 9.99. The molecule has 0 amide bonds. The second kappa shape index (κ2) is 13.7. The van der Waals surface area contributed by atoms with Crippen LogP contribution in [0.1, 0.15) is 41.8 Å². The molecule has 0 saturated carbocycles. The van der Waals surface area contributed by atoms with Gasteiger partial charge in [0, 0.05) is 25.6 Å². The van der Waals surface area contributed by atoms with Crippen molar-refractivity contribution in [3.63, 3.8) is 0 Å². The van der Waals surface area contributed by atoms with E-state index in [9.17, 15) is 19.5 Å². The van der Waals surface area contributed by atoms with Gasteiger partial charge in [0.2, 0.25) is 0 Å². The predicted octanol–water partition coefficient (Wildman–Crippen LogP) is 5.12. The minimum atomic E-state index is -1.26. The van der Waals surface area contributed by atoms with Crippen LogP contribution in [0.2, 0.25) is 0 Å². The maximum atomic E-state index is 11.6. The number of rotatable bonds is 9. The number of carboxylic acids is 2. The monoisotopic (exact) mass is 559 g/mol. The maximum Gasteiger partial charge on any atom is 0.328 e. The average molecular weight is 560 g/mol. The molecule has 3 aromatic carbocycles. The lowest BCUT2D eigenvalue weighted by atomic mass is 9.88. The summed E-state index contributed by atoms with van der Waals surface area (Å²) in [6.45, 7) is 4.20. The highest BCUT2D eigenvalue weighted by atomic mass is 16.5. The molecule has 4 aromatic rings. The first-order valence-electron chi connectivity index (χ1n) is 13.4. The first kappa shape index (κ1) is 29.5. The number of aliphatic hydroxyl groups is 1. The number of piperidine rings is 1. The van der Waals surface area contributed by atoms with Gasteiger partial charge in [0.15, 0.2) is 11.5 Å². The van der Waals surface area contributed by atoms with Crippen molar-refractivity contribution in [3.8, 4) is 5.75 Å². The van der Waals surface area contributed by atoms with Crippen LogP contribution in [0.25, 0.3) is 21.7 Å². The molecule has 1 aliphatic rings. The molecular weight excluding hydrogens is 526 g/mol. The zero-order valence-electron chi connectivity index (χ0n) is 22.7. The number of ether oxygens (including phenoxy) is 1. The van der Waals surface area contributed by atoms with Crippen LogP contribution < -0.4 is 4.74 Å². The molecule has 41 heavy (non-hydrogen) atoms. The normalized spacial score (nSPS) is 15.0. The number of carbonyl (C=O) groups excluding carboxylic acids is 1. The Balaban J connectivity index is 0.000000426. The van der Waals surface area contributed by atoms with E-state index in [2.05, 4.69) is 47.4 Å². The molecule has 0 radical (unpaired) electrons. The summed E-state index contributed by atoms with van der Waals surface area (Å²) in [5.41, 5.74) is 2.03. The number of furan rings is 1. The van der Waals surface area contributed by atoms with E-state index in [0.717, 1.165) is 31.3 Å². The molecule has 0 unspecified atom stereocenters. The number of carbonyl (C=O) groups is 3. The molecular formula is C32H33NO8. The molecule has 1 saturated heterocycles. The fraction of sp³-hybridized carbons (Fsp3) is 0.281. The molecule has 9 heteroatoms. The van der Waals surface area contributed by atoms with Crippen LogP contribution in [-0.4, -0.2) is 70.3 Å². The van der Waals surface area contributed by atoms with E-state index < -0.39 is 18.0 Å². The molecule has 1 atom stereocenters. The first-order chi connectivity index (χ1) is 19.7. The molecule has 0 bridgehead atoms. The van der Waals surface area contributed by atoms with Gasteiger partial charge in [-0.2, -0.15) is 0 Å². The number of benzene rings is 3. The Morgan fingerprint density at radius 2 is 1.63 bits per heavy atom. The number of fused-ring (bicyclic) bond motifs is 2. The quantitative estimate of drug-likeness (QED) is 0.188. The van der Waals surface area contributed by atoms with Gasteiger partial charge >= 0.3 is 11.9 Å². The Morgan fingerprint density at radius 3 is 2.29 bits per heavy atom. The molecule has 2 heterocycles. The Hall–Kier alpha value is -4.47. The van der Waals surface area contributed by atoms with Crippen LogP contribution in [-0.2, 0) is 9.59 Å². The standard InChI is InChI=1S/C28H29NO4.C4H4O4/c1-19(30)28-16-25-26(7-4-8-27(25)33-28)32-18-24(31)17-29-13-11-21(12-14-29)23-10-9-20-5-2-3-6-22(20)15-23;5-3(6)1-2-4(7)8/h2-10,15-16,21,24,31H,11-14,17-18H2,1H3;1-2H,(H,5,6)(H,7,8)/t24-;/m0./s1. The van der Waals surface area contributed by atoms with Crippen molar-refractivity contribution in [2.45, 2.75) is 31.8 Å². The molecule has 1 aromatic heterocycles. The molecule has 0 spiro atoms. The minimum absolute atomic E-state index is 0.121. The average Bonchev–Trinajstić information content (AvgIpc) is 3.41. The van der Waals surface area contributed by atoms with E-state index in [0.29, 0.717) is 41.7 Å². The molecule has 1 fully saturated rings. The van der Waals surface area contributed by atoms with Crippen molar-refractivity contribution >= 4 is 39.5 Å². The molecule has 214 valence electrons. The summed E-state index contributed by atoms with van der Waals surface area (Å²) >= 11 is 0. The molecule has 5 rings (SSSR count). The summed E-state index contributed by atoms with van der Waals surface area (Å²) in [7, 11) is 0. The van der Waals surface area contributed by atoms with Crippen molar-refractivity contribution < 1.29 is 38.9 Å². The fourth-order valence-corrected chi connectivity index (χ4v) is 4.92. The van der Waals surface area contributed by atoms with Crippen molar-refractivity contribution in [3.05, 3.63) is 90.2 Å². The van der Waals surface area contributed by atoms with Gasteiger partial charge in [-0.1, -0.05) is 48.5 Å². The number of aliphatic hydroxyl groups excluding tert-OH is 1. The smallest absolute Gasteiger partial charge is 0.328 e. The van der Waals surface area contributed by atoms with Gasteiger partial charge < -0.3 is 29.4 Å². The first-order valence-corrected chi connectivity index (χ1v) is 13.4. The lowest BCUT2D eigenvalue weighted by Crippen LogP contribution is -2.40. The van der Waals surface area contributed by atoms with E-state index in [4.69, 9.17) is 19.4 Å². The number of Topliss-reactive ketones (excluding diaryl/α,β-unsaturated/α-hetero) is 1. The number of ketones is 1. The van der Waals surface area contributed by atoms with Crippen molar-refractivity contribution in [2.24, 2.45) is 0 Å². The number of likely N-dealkylation sites (tertiary alicyclic amines) is 1. The van der Waals surface area contributed by atoms with Crippen molar-refractivity contribution in [1.29, 1.82) is 0 Å². The minimum Gasteiger partial charge on any atom is -0.490 e. The van der Waals surface area contributed by atoms with Crippen LogP contribution in [0.4, 0.5) is 0 Å². The number of nitrogens with zero attached hydrogens (tertiary/aromatic N) is 1. The topological polar surface area (TPSA) is 138 Å². The summed E-state index contributed by atoms with van der Waals surface area (Å²) in [4.78, 5) is 33.0. The number of aliphatic carboxylic acids is 2. The molecule has 0 aliphatic carbocycles. The summed E-state index contributed by atoms with van der Waals surface area (Å²) in [6, 6.07) is 22.5. The highest BCUT2D eigenvalue weighted by Gasteiger charge is 2.23. The van der Waals surface area contributed by atoms with Gasteiger partial charge in [0.25, 0.3) is 0 Å². The number of hydrogen-bond acceptors (Lipinski definition) is 7. The number of β-amino-alcohol motifs (C(OH)–C–C–N with tert-alkyl or cyclic N) is 1. The third-order valence-corrected chi connectivity index (χ3v) is 6.97. The maximum absolute atomic E-state index is 11.6. The largest absolute Gasteiger partial charge is 0.490 e. The SMILES string of the molecule is CC(=O)c1cc2c(OC[C@@H](O)CN3CCC(c4ccc5ccccc5c4)CC3)cccc2o1.O=C(O)C=CC(=O)O. The summed E-state index contributed by atoms with van der Waals surface area (Å²) < 4.78 is 11.5. The second-order valence-corrected chi connectivity index (χ2v) is 9.99. The zero-order valence-corrected chi connectivity index (χ0v) is 22.7. The van der Waals surface area contributed by atoms with E-state index in [-0.39, 0.29) is 12.4 Å². The summed E-state index contributed by atoms with van der Waals surface area (Å²) in [6.07, 6.45) is 2.71. The van der Waals surface area contributed by atoms with Gasteiger partial charge in [-0.15, -0.1) is 0 Å². The molecule has 3 N–H and O–H groups in total. The van der Waals surface area contributed by atoms with Gasteiger partial charge in [-0.05, 0) is 66.4 Å². The van der Waals surface area contributed by atoms with Crippen LogP contribution in [0.15, 0.2) is 83.3 Å². The van der Waals surface area contributed by atoms with E-state index >= 15 is 0 Å². The number of carboxylic acid groups (broad SMARTS) is 2. The van der Waals surface area contributed by atoms with Crippen LogP contribution in [0, 0.1) is 0 Å². The lowest BCUT2D eigenvalue weighted by Gasteiger charge is -2.33. The third-order valence-electron chi connectivity index (χ3n) is 6.97. The summed E-state index contributed by atoms with van der Waals surface area (Å²) in [5.74, 6) is -1.13. The fourth-order valence-electron chi connectivity index (χ4n) is 4.92. The third kappa shape index (κ3) is 8.26. The number of hydrogen-bond donors (Lipinski definition) is 3. The van der Waals surface area contributed by atoms with E-state index in [1.54, 1.807) is 6.07 Å². The molecule has 9 nitrogen and oxygen atoms in total. The van der Waals surface area contributed by atoms with Gasteiger partial charge in [0.05, 0.1) is 5.39 Å². The Kier molecular flexibility index (Phi) is 9.89. The van der Waals surface area contributed by atoms with Crippen LogP contribution in [0.5, 0.6) is 5.75 Å². The van der Waals surface area contributed by atoms with E-state index in [1.807, 2.05) is 18.2 Å². The van der Waals surface area contributed by atoms with Crippen LogP contribution in [0.3, 0.4) is 0 Å². The van der Waals surface area contributed by atoms with Crippen LogP contribution >= 0.6 is 0 Å². The van der Waals surface area contributed by atoms with Crippen molar-refractivity contribution in [2.75, 3.05) is 26.2 Å². The van der Waals surface area contributed by atoms with Gasteiger partial charge in [0.1, 0.15) is 24.0 Å². The lowest BCUT2D eigenvalue weighted by molar-refractivity contribution is -0.134. The zero-order chi connectivity index (χ0) is 29.4. The van der Waals surface area contributed by atoms with Crippen molar-refractivity contribution in [1.82, 2.24) is 4.90 Å². The van der Waals surface area contributed by atoms with Gasteiger partial charge in [-0.3, -0.25) is 4.79 Å². The Morgan fingerprint density at radius 1 is 0.951 bits per heavy atom. The van der Waals surface area contributed by atoms with Gasteiger partial charge in [-0.25, -0.2) is 9.59 Å². The van der Waals surface area contributed by atoms with E-state index in [1.165, 1.54) is 23.3 Å². The highest BCUT2D eigenvalue weighted by molar-refractivity contribution is 5.97. The predicted molar refractivity (Wildman–Crippen MR) is 154 cm³/mol.